The molecule has 3 aliphatic rings. The van der Waals surface area contributed by atoms with Gasteiger partial charge in [-0.15, -0.1) is 0 Å². The molecule has 0 aliphatic heterocycles. The number of nitrogens with zero attached hydrogens (tertiary/aromatic N) is 1. The number of allylic oxidation sites excluding steroid dienone is 2. The number of hydrogen-bond donors (Lipinski definition) is 0. The van der Waals surface area contributed by atoms with Crippen molar-refractivity contribution in [3.63, 3.8) is 0 Å². The van der Waals surface area contributed by atoms with Crippen LogP contribution in [0.3, 0.4) is 0 Å². The molecule has 2 aromatic rings. The predicted molar refractivity (Wildman–Crippen MR) is 91.8 cm³/mol. The van der Waals surface area contributed by atoms with Crippen LogP contribution in [0.25, 0.3) is 11.3 Å². The lowest BCUT2D eigenvalue weighted by Crippen LogP contribution is -2.38. The molecule has 2 bridgehead atoms. The topological polar surface area (TPSA) is 30.0 Å². The minimum absolute atomic E-state index is 0.203. The molecule has 116 valence electrons. The molecule has 5 rings (SSSR count). The molecule has 1 saturated carbocycles. The molecule has 0 saturated heterocycles. The Labute approximate surface area is 137 Å². The lowest BCUT2D eigenvalue weighted by molar-refractivity contribution is -0.115. The zero-order chi connectivity index (χ0) is 15.6. The lowest BCUT2D eigenvalue weighted by Gasteiger charge is -2.42. The maximum absolute atomic E-state index is 11.5. The van der Waals surface area contributed by atoms with Gasteiger partial charge < -0.3 is 4.79 Å². The number of aromatic nitrogens is 1. The van der Waals surface area contributed by atoms with E-state index in [0.717, 1.165) is 17.7 Å². The molecule has 4 atom stereocenters. The second kappa shape index (κ2) is 6.11. The van der Waals surface area contributed by atoms with Gasteiger partial charge in [-0.05, 0) is 54.7 Å². The molecule has 1 fully saturated rings. The summed E-state index contributed by atoms with van der Waals surface area (Å²) >= 11 is 0. The maximum Gasteiger partial charge on any atom is 0.123 e. The van der Waals surface area contributed by atoms with Crippen molar-refractivity contribution in [1.29, 1.82) is 0 Å². The van der Waals surface area contributed by atoms with Gasteiger partial charge in [0.1, 0.15) is 6.29 Å². The Hall–Kier alpha value is -2.22. The van der Waals surface area contributed by atoms with E-state index in [1.807, 2.05) is 24.4 Å². The van der Waals surface area contributed by atoms with E-state index in [0.29, 0.717) is 17.8 Å². The van der Waals surface area contributed by atoms with Crippen LogP contribution >= 0.6 is 0 Å². The average Bonchev–Trinajstić information content (AvgIpc) is 2.64. The summed E-state index contributed by atoms with van der Waals surface area (Å²) in [5, 5.41) is 0. The standard InChI is InChI=1S/C21H21NO/c23-14-20-17-10-8-16(9-11-17)19(20)13-15-4-6-18(7-5-15)21-3-1-2-12-22-21/h1-8,10,12,14,16-17,19-20H,9,11,13H2/t16?,17?,19?,20-/m0/s1. The first-order chi connectivity index (χ1) is 11.3. The molecule has 0 amide bonds. The SMILES string of the molecule is O=C[C@H]1C2C=CC(CC2)C1Cc1ccc(-c2ccccn2)cc1. The van der Waals surface area contributed by atoms with E-state index in [-0.39, 0.29) is 5.92 Å². The third-order valence-corrected chi connectivity index (χ3v) is 5.52. The van der Waals surface area contributed by atoms with E-state index in [4.69, 9.17) is 0 Å². The van der Waals surface area contributed by atoms with E-state index in [1.165, 1.54) is 24.7 Å². The van der Waals surface area contributed by atoms with Gasteiger partial charge in [0.25, 0.3) is 0 Å². The molecule has 1 aromatic heterocycles. The third-order valence-electron chi connectivity index (χ3n) is 5.52. The normalized spacial score (nSPS) is 28.7. The highest BCUT2D eigenvalue weighted by Crippen LogP contribution is 2.45. The van der Waals surface area contributed by atoms with Gasteiger partial charge in [0, 0.05) is 17.7 Å². The highest BCUT2D eigenvalue weighted by molar-refractivity contribution is 5.59. The van der Waals surface area contributed by atoms with E-state index in [1.54, 1.807) is 0 Å². The van der Waals surface area contributed by atoms with Crippen LogP contribution in [0.15, 0.2) is 60.8 Å². The second-order valence-corrected chi connectivity index (χ2v) is 6.78. The van der Waals surface area contributed by atoms with Crippen LogP contribution in [-0.4, -0.2) is 11.3 Å². The number of rotatable bonds is 4. The molecule has 1 aromatic carbocycles. The molecular weight excluding hydrogens is 282 g/mol. The van der Waals surface area contributed by atoms with Crippen LogP contribution in [0.5, 0.6) is 0 Å². The summed E-state index contributed by atoms with van der Waals surface area (Å²) in [5.41, 5.74) is 3.47. The molecule has 3 aliphatic carbocycles. The van der Waals surface area contributed by atoms with Crippen molar-refractivity contribution < 1.29 is 4.79 Å². The second-order valence-electron chi connectivity index (χ2n) is 6.78. The number of pyridine rings is 1. The van der Waals surface area contributed by atoms with E-state index >= 15 is 0 Å². The Bertz CT molecular complexity index is 704. The number of fused-ring (bicyclic) bond motifs is 2. The summed E-state index contributed by atoms with van der Waals surface area (Å²) in [6, 6.07) is 14.6. The molecule has 2 heteroatoms. The Morgan fingerprint density at radius 1 is 1.00 bits per heavy atom. The Morgan fingerprint density at radius 3 is 2.43 bits per heavy atom. The number of carbonyl (C=O) groups is 1. The fraction of sp³-hybridized carbons (Fsp3) is 0.333. The minimum atomic E-state index is 0.203. The largest absolute Gasteiger partial charge is 0.303 e. The molecule has 0 radical (unpaired) electrons. The van der Waals surface area contributed by atoms with Crippen LogP contribution in [0, 0.1) is 23.7 Å². The van der Waals surface area contributed by atoms with Gasteiger partial charge in [-0.2, -0.15) is 0 Å². The Morgan fingerprint density at radius 2 is 1.78 bits per heavy atom. The Kier molecular flexibility index (Phi) is 3.82. The van der Waals surface area contributed by atoms with Crippen LogP contribution in [0.1, 0.15) is 18.4 Å². The molecule has 0 N–H and O–H groups in total. The van der Waals surface area contributed by atoms with Crippen molar-refractivity contribution in [2.75, 3.05) is 0 Å². The zero-order valence-corrected chi connectivity index (χ0v) is 13.1. The molecule has 2 nitrogen and oxygen atoms in total. The van der Waals surface area contributed by atoms with E-state index in [9.17, 15) is 4.79 Å². The highest BCUT2D eigenvalue weighted by atomic mass is 16.1. The van der Waals surface area contributed by atoms with Crippen molar-refractivity contribution in [3.05, 3.63) is 66.4 Å². The van der Waals surface area contributed by atoms with Crippen LogP contribution in [-0.2, 0) is 11.2 Å². The summed E-state index contributed by atoms with van der Waals surface area (Å²) in [7, 11) is 0. The van der Waals surface area contributed by atoms with Crippen LogP contribution in [0.4, 0.5) is 0 Å². The lowest BCUT2D eigenvalue weighted by atomic mass is 9.61. The summed E-state index contributed by atoms with van der Waals surface area (Å²) in [6.07, 6.45) is 11.1. The molecule has 3 unspecified atom stereocenters. The fourth-order valence-electron chi connectivity index (χ4n) is 4.25. The molecule has 23 heavy (non-hydrogen) atoms. The molecular formula is C21H21NO. The third kappa shape index (κ3) is 2.74. The van der Waals surface area contributed by atoms with Crippen LogP contribution < -0.4 is 0 Å². The number of carbonyl (C=O) groups excluding carboxylic acids is 1. The van der Waals surface area contributed by atoms with Crippen molar-refractivity contribution in [2.24, 2.45) is 23.7 Å². The minimum Gasteiger partial charge on any atom is -0.303 e. The summed E-state index contributed by atoms with van der Waals surface area (Å²) < 4.78 is 0. The molecule has 1 heterocycles. The van der Waals surface area contributed by atoms with Gasteiger partial charge in [-0.3, -0.25) is 4.98 Å². The summed E-state index contributed by atoms with van der Waals surface area (Å²) in [5.74, 6) is 1.71. The maximum atomic E-state index is 11.5. The number of aldehydes is 1. The van der Waals surface area contributed by atoms with Gasteiger partial charge in [0.15, 0.2) is 0 Å². The van der Waals surface area contributed by atoms with Crippen molar-refractivity contribution >= 4 is 6.29 Å². The fourth-order valence-corrected chi connectivity index (χ4v) is 4.25. The monoisotopic (exact) mass is 303 g/mol. The van der Waals surface area contributed by atoms with Gasteiger partial charge in [-0.1, -0.05) is 42.5 Å². The highest BCUT2D eigenvalue weighted by Gasteiger charge is 2.40. The average molecular weight is 303 g/mol. The van der Waals surface area contributed by atoms with Crippen molar-refractivity contribution in [2.45, 2.75) is 19.3 Å². The smallest absolute Gasteiger partial charge is 0.123 e. The summed E-state index contributed by atoms with van der Waals surface area (Å²) in [6.45, 7) is 0. The van der Waals surface area contributed by atoms with Crippen LogP contribution in [0.2, 0.25) is 0 Å². The summed E-state index contributed by atoms with van der Waals surface area (Å²) in [4.78, 5) is 15.9. The van der Waals surface area contributed by atoms with E-state index < -0.39 is 0 Å². The van der Waals surface area contributed by atoms with Gasteiger partial charge in [-0.25, -0.2) is 0 Å². The first-order valence-electron chi connectivity index (χ1n) is 8.49. The van der Waals surface area contributed by atoms with Gasteiger partial charge >= 0.3 is 0 Å². The van der Waals surface area contributed by atoms with Crippen molar-refractivity contribution in [3.8, 4) is 11.3 Å². The van der Waals surface area contributed by atoms with Gasteiger partial charge in [0.05, 0.1) is 5.69 Å². The molecule has 0 spiro atoms. The first-order valence-corrected chi connectivity index (χ1v) is 8.49. The predicted octanol–water partition coefficient (Wildman–Crippen LogP) is 4.32. The van der Waals surface area contributed by atoms with Crippen molar-refractivity contribution in [1.82, 2.24) is 4.98 Å². The zero-order valence-electron chi connectivity index (χ0n) is 13.1. The quantitative estimate of drug-likeness (QED) is 0.622. The first kappa shape index (κ1) is 14.4. The Balaban J connectivity index is 1.53. The number of hydrogen-bond acceptors (Lipinski definition) is 2. The van der Waals surface area contributed by atoms with Gasteiger partial charge in [0.2, 0.25) is 0 Å². The van der Waals surface area contributed by atoms with E-state index in [2.05, 4.69) is 41.4 Å². The number of benzene rings is 1.